The molecule has 1 N–H and O–H groups in total. The third kappa shape index (κ3) is 2.68. The Kier molecular flexibility index (Phi) is 4.62. The molecular weight excluding hydrogens is 388 g/mol. The van der Waals surface area contributed by atoms with Crippen molar-refractivity contribution in [2.75, 3.05) is 6.61 Å². The molecule has 0 amide bonds. The maximum absolute atomic E-state index is 14.0. The van der Waals surface area contributed by atoms with E-state index in [1.54, 1.807) is 0 Å². The van der Waals surface area contributed by atoms with Gasteiger partial charge in [-0.15, -0.1) is 0 Å². The molecule has 2 aliphatic heterocycles. The van der Waals surface area contributed by atoms with Crippen molar-refractivity contribution < 1.29 is 19.4 Å². The number of aliphatic hydroxyl groups excluding tert-OH is 1. The number of hydrogen-bond acceptors (Lipinski definition) is 4. The van der Waals surface area contributed by atoms with Crippen LogP contribution in [0.3, 0.4) is 0 Å². The van der Waals surface area contributed by atoms with Crippen LogP contribution in [0.25, 0.3) is 0 Å². The van der Waals surface area contributed by atoms with E-state index in [2.05, 4.69) is 27.7 Å². The van der Waals surface area contributed by atoms with E-state index < -0.39 is 5.79 Å². The normalized spacial score (nSPS) is 60.9. The second-order valence-corrected chi connectivity index (χ2v) is 13.0. The van der Waals surface area contributed by atoms with Crippen LogP contribution in [0.15, 0.2) is 0 Å². The van der Waals surface area contributed by atoms with Crippen LogP contribution in [0.2, 0.25) is 0 Å². The molecule has 0 aromatic carbocycles. The van der Waals surface area contributed by atoms with Gasteiger partial charge in [0.15, 0.2) is 5.79 Å². The van der Waals surface area contributed by atoms with E-state index in [0.717, 1.165) is 51.6 Å². The first kappa shape index (κ1) is 21.1. The summed E-state index contributed by atoms with van der Waals surface area (Å²) in [4.78, 5) is 14.0. The minimum atomic E-state index is -0.448. The van der Waals surface area contributed by atoms with Crippen LogP contribution in [0.4, 0.5) is 0 Å². The first-order chi connectivity index (χ1) is 14.7. The van der Waals surface area contributed by atoms with Gasteiger partial charge in [-0.1, -0.05) is 27.7 Å². The highest BCUT2D eigenvalue weighted by Crippen LogP contribution is 2.70. The van der Waals surface area contributed by atoms with Crippen LogP contribution in [0, 0.1) is 52.3 Å². The van der Waals surface area contributed by atoms with Crippen LogP contribution in [0.1, 0.15) is 85.5 Å². The standard InChI is InChI=1S/C27H42O4/c1-15-7-10-27(30-14-15)16(2)24-22(31-27)12-21-19-6-5-17-11-18(28)8-9-25(17,3)20(19)13-23(29)26(21,24)4/h15-22,24,28H,5-14H2,1-4H3/t15-,16+,17+,18+,19-,20-,21+,22+,24+,25+,26-,27?/m1/s1. The van der Waals surface area contributed by atoms with Crippen molar-refractivity contribution in [1.82, 2.24) is 0 Å². The molecule has 6 aliphatic rings. The number of carbonyl (C=O) groups is 1. The van der Waals surface area contributed by atoms with Crippen molar-refractivity contribution in [1.29, 1.82) is 0 Å². The Hall–Kier alpha value is -0.450. The molecule has 2 saturated heterocycles. The van der Waals surface area contributed by atoms with Gasteiger partial charge in [-0.25, -0.2) is 0 Å². The molecule has 174 valence electrons. The number of hydrogen-bond donors (Lipinski definition) is 1. The second kappa shape index (κ2) is 6.79. The summed E-state index contributed by atoms with van der Waals surface area (Å²) in [6.45, 7) is 10.1. The van der Waals surface area contributed by atoms with Gasteiger partial charge in [0.1, 0.15) is 5.78 Å². The van der Waals surface area contributed by atoms with Crippen LogP contribution < -0.4 is 0 Å². The molecule has 4 aliphatic carbocycles. The fourth-order valence-electron chi connectivity index (χ4n) is 9.93. The zero-order valence-electron chi connectivity index (χ0n) is 19.9. The first-order valence-corrected chi connectivity index (χ1v) is 13.2. The highest BCUT2D eigenvalue weighted by Gasteiger charge is 2.71. The number of ether oxygens (including phenoxy) is 2. The number of carbonyl (C=O) groups excluding carboxylic acids is 1. The Morgan fingerprint density at radius 3 is 2.55 bits per heavy atom. The summed E-state index contributed by atoms with van der Waals surface area (Å²) in [6.07, 6.45) is 9.39. The summed E-state index contributed by atoms with van der Waals surface area (Å²) < 4.78 is 13.2. The smallest absolute Gasteiger partial charge is 0.171 e. The summed E-state index contributed by atoms with van der Waals surface area (Å²) in [5.41, 5.74) is -0.0221. The molecule has 4 heteroatoms. The van der Waals surface area contributed by atoms with Crippen molar-refractivity contribution in [3.8, 4) is 0 Å². The molecule has 0 aromatic heterocycles. The minimum Gasteiger partial charge on any atom is -0.393 e. The van der Waals surface area contributed by atoms with Gasteiger partial charge in [0.2, 0.25) is 0 Å². The molecule has 0 aromatic rings. The first-order valence-electron chi connectivity index (χ1n) is 13.2. The quantitative estimate of drug-likeness (QED) is 0.589. The van der Waals surface area contributed by atoms with Gasteiger partial charge < -0.3 is 14.6 Å². The van der Waals surface area contributed by atoms with E-state index in [1.165, 1.54) is 12.8 Å². The lowest BCUT2D eigenvalue weighted by molar-refractivity contribution is -0.272. The SMILES string of the molecule is C[C@@H]1CCC2(OC1)O[C@H]1C[C@H]3[C@@H]4CC[C@H]5C[C@@H](O)CC[C@]5(C)[C@@H]4CC(=O)[C@]3(C)[C@H]1[C@@H]2C. The topological polar surface area (TPSA) is 55.8 Å². The highest BCUT2D eigenvalue weighted by atomic mass is 16.7. The zero-order chi connectivity index (χ0) is 21.8. The Balaban J connectivity index is 1.30. The number of Topliss-reactive ketones (excluding diaryl/α,β-unsaturated/α-hetero) is 1. The van der Waals surface area contributed by atoms with Gasteiger partial charge in [-0.05, 0) is 80.0 Å². The summed E-state index contributed by atoms with van der Waals surface area (Å²) in [7, 11) is 0. The van der Waals surface area contributed by atoms with Crippen molar-refractivity contribution >= 4 is 5.78 Å². The fourth-order valence-corrected chi connectivity index (χ4v) is 9.93. The van der Waals surface area contributed by atoms with E-state index in [9.17, 15) is 9.90 Å². The molecule has 1 unspecified atom stereocenters. The van der Waals surface area contributed by atoms with Crippen molar-refractivity contribution in [3.63, 3.8) is 0 Å². The van der Waals surface area contributed by atoms with Crippen molar-refractivity contribution in [2.45, 2.75) is 103 Å². The summed E-state index contributed by atoms with van der Waals surface area (Å²) in [6, 6.07) is 0. The lowest BCUT2D eigenvalue weighted by Crippen LogP contribution is -2.58. The average Bonchev–Trinajstić information content (AvgIpc) is 3.18. The van der Waals surface area contributed by atoms with Crippen LogP contribution in [-0.4, -0.2) is 35.5 Å². The third-order valence-electron chi connectivity index (χ3n) is 11.8. The monoisotopic (exact) mass is 430 g/mol. The maximum atomic E-state index is 14.0. The van der Waals surface area contributed by atoms with E-state index in [1.807, 2.05) is 0 Å². The lowest BCUT2D eigenvalue weighted by Gasteiger charge is -2.60. The van der Waals surface area contributed by atoms with Gasteiger partial charge in [-0.2, -0.15) is 0 Å². The second-order valence-electron chi connectivity index (χ2n) is 13.0. The molecule has 0 radical (unpaired) electrons. The highest BCUT2D eigenvalue weighted by molar-refractivity contribution is 5.87. The Bertz CT molecular complexity index is 756. The molecule has 12 atom stereocenters. The summed E-state index contributed by atoms with van der Waals surface area (Å²) in [5.74, 6) is 3.45. The van der Waals surface area contributed by atoms with E-state index in [4.69, 9.17) is 9.47 Å². The minimum absolute atomic E-state index is 0.131. The van der Waals surface area contributed by atoms with Gasteiger partial charge in [-0.3, -0.25) is 4.79 Å². The maximum Gasteiger partial charge on any atom is 0.171 e. The molecule has 31 heavy (non-hydrogen) atoms. The largest absolute Gasteiger partial charge is 0.393 e. The Morgan fingerprint density at radius 2 is 1.81 bits per heavy atom. The predicted octanol–water partition coefficient (Wildman–Crippen LogP) is 4.97. The average molecular weight is 431 g/mol. The summed E-state index contributed by atoms with van der Waals surface area (Å²) >= 11 is 0. The van der Waals surface area contributed by atoms with Crippen molar-refractivity contribution in [3.05, 3.63) is 0 Å². The molecule has 4 nitrogen and oxygen atoms in total. The Labute approximate surface area is 187 Å². The van der Waals surface area contributed by atoms with Crippen LogP contribution in [0.5, 0.6) is 0 Å². The molecule has 4 saturated carbocycles. The number of fused-ring (bicyclic) bond motifs is 7. The predicted molar refractivity (Wildman–Crippen MR) is 118 cm³/mol. The zero-order valence-corrected chi connectivity index (χ0v) is 19.9. The van der Waals surface area contributed by atoms with Gasteiger partial charge >= 0.3 is 0 Å². The van der Waals surface area contributed by atoms with E-state index in [0.29, 0.717) is 41.3 Å². The van der Waals surface area contributed by atoms with Gasteiger partial charge in [0.05, 0.1) is 18.8 Å². The summed E-state index contributed by atoms with van der Waals surface area (Å²) in [5, 5.41) is 10.3. The number of ketones is 1. The van der Waals surface area contributed by atoms with E-state index in [-0.39, 0.29) is 29.0 Å². The van der Waals surface area contributed by atoms with Crippen LogP contribution >= 0.6 is 0 Å². The molecule has 1 spiro atoms. The molecule has 2 heterocycles. The molecule has 6 fully saturated rings. The Morgan fingerprint density at radius 1 is 1.00 bits per heavy atom. The van der Waals surface area contributed by atoms with Crippen molar-refractivity contribution in [2.24, 2.45) is 52.3 Å². The third-order valence-corrected chi connectivity index (χ3v) is 11.8. The molecule has 0 bridgehead atoms. The van der Waals surface area contributed by atoms with Crippen LogP contribution in [-0.2, 0) is 14.3 Å². The van der Waals surface area contributed by atoms with Gasteiger partial charge in [0, 0.05) is 30.1 Å². The van der Waals surface area contributed by atoms with Gasteiger partial charge in [0.25, 0.3) is 0 Å². The lowest BCUT2D eigenvalue weighted by atomic mass is 9.44. The molecule has 6 rings (SSSR count). The van der Waals surface area contributed by atoms with E-state index >= 15 is 0 Å². The fraction of sp³-hybridized carbons (Fsp3) is 0.963. The number of aliphatic hydroxyl groups is 1. The molecular formula is C27H42O4. The number of rotatable bonds is 0.